The van der Waals surface area contributed by atoms with Crippen molar-refractivity contribution in [1.29, 1.82) is 0 Å². The summed E-state index contributed by atoms with van der Waals surface area (Å²) in [5.74, 6) is -0.339. The zero-order valence-electron chi connectivity index (χ0n) is 11.7. The summed E-state index contributed by atoms with van der Waals surface area (Å²) >= 11 is 9.61. The van der Waals surface area contributed by atoms with Gasteiger partial charge in [-0.3, -0.25) is 4.90 Å². The molecule has 21 heavy (non-hydrogen) atoms. The monoisotopic (exact) mass is 370 g/mol. The van der Waals surface area contributed by atoms with Gasteiger partial charge in [0.15, 0.2) is 0 Å². The van der Waals surface area contributed by atoms with Crippen LogP contribution in [0.4, 0.5) is 4.39 Å². The number of halogens is 3. The van der Waals surface area contributed by atoms with E-state index in [-0.39, 0.29) is 11.9 Å². The number of hydrogen-bond acceptors (Lipinski definition) is 2. The van der Waals surface area contributed by atoms with Crippen molar-refractivity contribution < 1.29 is 4.39 Å². The zero-order chi connectivity index (χ0) is 15.4. The molecule has 0 aliphatic heterocycles. The first-order valence-electron chi connectivity index (χ1n) is 6.61. The minimum atomic E-state index is -0.339. The molecule has 5 heteroatoms. The second-order valence-electron chi connectivity index (χ2n) is 4.96. The van der Waals surface area contributed by atoms with Gasteiger partial charge in [0.2, 0.25) is 0 Å². The van der Waals surface area contributed by atoms with Crippen LogP contribution in [-0.4, -0.2) is 18.5 Å². The minimum Gasteiger partial charge on any atom is -0.329 e. The Bertz CT molecular complexity index is 621. The second-order valence-corrected chi connectivity index (χ2v) is 6.29. The number of benzene rings is 2. The van der Waals surface area contributed by atoms with Gasteiger partial charge in [-0.25, -0.2) is 4.39 Å². The summed E-state index contributed by atoms with van der Waals surface area (Å²) in [7, 11) is 1.98. The van der Waals surface area contributed by atoms with Crippen LogP contribution >= 0.6 is 27.5 Å². The van der Waals surface area contributed by atoms with Crippen LogP contribution in [0.5, 0.6) is 0 Å². The zero-order valence-corrected chi connectivity index (χ0v) is 14.0. The summed E-state index contributed by atoms with van der Waals surface area (Å²) in [6.45, 7) is 1.14. The first-order chi connectivity index (χ1) is 10.0. The Kier molecular flexibility index (Phi) is 5.76. The fourth-order valence-electron chi connectivity index (χ4n) is 2.35. The van der Waals surface area contributed by atoms with E-state index in [0.717, 1.165) is 16.6 Å². The minimum absolute atomic E-state index is 0.0583. The molecule has 0 spiro atoms. The van der Waals surface area contributed by atoms with Crippen molar-refractivity contribution in [3.63, 3.8) is 0 Å². The van der Waals surface area contributed by atoms with Crippen molar-refractivity contribution in [3.8, 4) is 0 Å². The molecule has 2 nitrogen and oxygen atoms in total. The molecule has 0 heterocycles. The Balaban J connectivity index is 2.20. The Morgan fingerprint density at radius 3 is 2.67 bits per heavy atom. The van der Waals surface area contributed by atoms with Gasteiger partial charge in [-0.15, -0.1) is 0 Å². The molecule has 0 amide bonds. The fourth-order valence-corrected chi connectivity index (χ4v) is 3.09. The van der Waals surface area contributed by atoms with Crippen molar-refractivity contribution in [2.75, 3.05) is 13.6 Å². The lowest BCUT2D eigenvalue weighted by Gasteiger charge is -2.28. The van der Waals surface area contributed by atoms with Crippen LogP contribution in [0.15, 0.2) is 46.9 Å². The highest BCUT2D eigenvalue weighted by Gasteiger charge is 2.18. The summed E-state index contributed by atoms with van der Waals surface area (Å²) in [6.07, 6.45) is 0. The normalized spacial score (nSPS) is 12.7. The van der Waals surface area contributed by atoms with Crippen molar-refractivity contribution in [1.82, 2.24) is 4.90 Å². The quantitative estimate of drug-likeness (QED) is 0.845. The standard InChI is InChI=1S/C16H17BrClFN2/c1-21(10-11-3-2-4-12(17)7-11)16(9-20)14-6-5-13(19)8-15(14)18/h2-8,16H,9-10,20H2,1H3. The molecule has 0 aromatic heterocycles. The molecule has 112 valence electrons. The molecule has 0 bridgehead atoms. The van der Waals surface area contributed by atoms with Gasteiger partial charge in [-0.1, -0.05) is 45.7 Å². The van der Waals surface area contributed by atoms with E-state index in [4.69, 9.17) is 17.3 Å². The number of nitrogens with zero attached hydrogens (tertiary/aromatic N) is 1. The van der Waals surface area contributed by atoms with E-state index in [2.05, 4.69) is 33.0 Å². The molecule has 0 saturated carbocycles. The molecule has 0 aliphatic carbocycles. The van der Waals surface area contributed by atoms with Gasteiger partial charge in [0.25, 0.3) is 0 Å². The molecule has 0 saturated heterocycles. The maximum Gasteiger partial charge on any atom is 0.124 e. The predicted molar refractivity (Wildman–Crippen MR) is 88.8 cm³/mol. The highest BCUT2D eigenvalue weighted by molar-refractivity contribution is 9.10. The number of hydrogen-bond donors (Lipinski definition) is 1. The summed E-state index contributed by atoms with van der Waals surface area (Å²) < 4.78 is 14.2. The smallest absolute Gasteiger partial charge is 0.124 e. The average molecular weight is 372 g/mol. The molecule has 1 unspecified atom stereocenters. The summed E-state index contributed by atoms with van der Waals surface area (Å²) in [5.41, 5.74) is 7.91. The third kappa shape index (κ3) is 4.27. The average Bonchev–Trinajstić information content (AvgIpc) is 2.42. The van der Waals surface area contributed by atoms with Crippen LogP contribution < -0.4 is 5.73 Å². The van der Waals surface area contributed by atoms with E-state index in [9.17, 15) is 4.39 Å². The topological polar surface area (TPSA) is 29.3 Å². The SMILES string of the molecule is CN(Cc1cccc(Br)c1)C(CN)c1ccc(F)cc1Cl. The van der Waals surface area contributed by atoms with E-state index in [1.807, 2.05) is 19.2 Å². The number of rotatable bonds is 5. The summed E-state index contributed by atoms with van der Waals surface area (Å²) in [6, 6.07) is 12.5. The van der Waals surface area contributed by atoms with E-state index in [0.29, 0.717) is 11.6 Å². The molecule has 1 atom stereocenters. The van der Waals surface area contributed by atoms with Gasteiger partial charge in [0.1, 0.15) is 5.82 Å². The van der Waals surface area contributed by atoms with Crippen LogP contribution in [0.2, 0.25) is 5.02 Å². The van der Waals surface area contributed by atoms with Gasteiger partial charge in [-0.2, -0.15) is 0 Å². The third-order valence-electron chi connectivity index (χ3n) is 3.40. The highest BCUT2D eigenvalue weighted by Crippen LogP contribution is 2.28. The third-order valence-corrected chi connectivity index (χ3v) is 4.22. The lowest BCUT2D eigenvalue weighted by atomic mass is 10.0. The van der Waals surface area contributed by atoms with Gasteiger partial charge in [0, 0.05) is 28.6 Å². The van der Waals surface area contributed by atoms with Crippen LogP contribution in [0.3, 0.4) is 0 Å². The molecule has 2 rings (SSSR count). The molecule has 2 aromatic rings. The largest absolute Gasteiger partial charge is 0.329 e. The van der Waals surface area contributed by atoms with Crippen LogP contribution in [0, 0.1) is 5.82 Å². The van der Waals surface area contributed by atoms with E-state index < -0.39 is 0 Å². The van der Waals surface area contributed by atoms with Crippen molar-refractivity contribution >= 4 is 27.5 Å². The van der Waals surface area contributed by atoms with Gasteiger partial charge >= 0.3 is 0 Å². The van der Waals surface area contributed by atoms with Gasteiger partial charge in [0.05, 0.1) is 0 Å². The fraction of sp³-hybridized carbons (Fsp3) is 0.250. The van der Waals surface area contributed by atoms with E-state index in [1.165, 1.54) is 17.7 Å². The van der Waals surface area contributed by atoms with Crippen LogP contribution in [-0.2, 0) is 6.54 Å². The van der Waals surface area contributed by atoms with E-state index >= 15 is 0 Å². The summed E-state index contributed by atoms with van der Waals surface area (Å²) in [4.78, 5) is 2.11. The van der Waals surface area contributed by atoms with Crippen molar-refractivity contribution in [2.24, 2.45) is 5.73 Å². The highest BCUT2D eigenvalue weighted by atomic mass is 79.9. The first-order valence-corrected chi connectivity index (χ1v) is 7.78. The van der Waals surface area contributed by atoms with Crippen LogP contribution in [0.1, 0.15) is 17.2 Å². The molecular weight excluding hydrogens is 355 g/mol. The van der Waals surface area contributed by atoms with Gasteiger partial charge < -0.3 is 5.73 Å². The molecule has 0 radical (unpaired) electrons. The molecule has 0 fully saturated rings. The number of nitrogens with two attached hydrogens (primary N) is 1. The lowest BCUT2D eigenvalue weighted by molar-refractivity contribution is 0.241. The Labute approximate surface area is 137 Å². The first kappa shape index (κ1) is 16.4. The Morgan fingerprint density at radius 1 is 1.29 bits per heavy atom. The molecule has 2 N–H and O–H groups in total. The predicted octanol–water partition coefficient (Wildman–Crippen LogP) is 4.37. The second kappa shape index (κ2) is 7.36. The van der Waals surface area contributed by atoms with Crippen LogP contribution in [0.25, 0.3) is 0 Å². The van der Waals surface area contributed by atoms with Crippen molar-refractivity contribution in [2.45, 2.75) is 12.6 Å². The lowest BCUT2D eigenvalue weighted by Crippen LogP contribution is -2.30. The maximum absolute atomic E-state index is 13.2. The number of likely N-dealkylation sites (N-methyl/N-ethyl adjacent to an activating group) is 1. The molecule has 0 aliphatic rings. The van der Waals surface area contributed by atoms with Gasteiger partial charge in [-0.05, 0) is 42.4 Å². The summed E-state index contributed by atoms with van der Waals surface area (Å²) in [5, 5.41) is 0.409. The molecule has 2 aromatic carbocycles. The molecular formula is C16H17BrClFN2. The Morgan fingerprint density at radius 2 is 2.05 bits per heavy atom. The van der Waals surface area contributed by atoms with E-state index in [1.54, 1.807) is 6.07 Å². The Hall–Kier alpha value is -0.940. The maximum atomic E-state index is 13.2. The van der Waals surface area contributed by atoms with Crippen molar-refractivity contribution in [3.05, 3.63) is 68.9 Å².